The maximum atomic E-state index is 13.0. The SMILES string of the molecule is CCCC(=O)N1C[C@@H]2CN(C(=O)c3cnn(CC)c3)C[C@@H]2[C@H]1c1ccccc1C. The largest absolute Gasteiger partial charge is 0.338 e. The second-order valence-electron chi connectivity index (χ2n) is 8.32. The van der Waals surface area contributed by atoms with Crippen LogP contribution < -0.4 is 0 Å². The van der Waals surface area contributed by atoms with Gasteiger partial charge in [0.1, 0.15) is 0 Å². The summed E-state index contributed by atoms with van der Waals surface area (Å²) in [7, 11) is 0. The fourth-order valence-corrected chi connectivity index (χ4v) is 4.97. The molecule has 29 heavy (non-hydrogen) atoms. The smallest absolute Gasteiger partial charge is 0.257 e. The molecule has 3 heterocycles. The summed E-state index contributed by atoms with van der Waals surface area (Å²) in [6.07, 6.45) is 4.93. The lowest BCUT2D eigenvalue weighted by Gasteiger charge is -2.31. The van der Waals surface area contributed by atoms with Crippen LogP contribution in [0.1, 0.15) is 54.2 Å². The van der Waals surface area contributed by atoms with Gasteiger partial charge in [-0.1, -0.05) is 31.2 Å². The summed E-state index contributed by atoms with van der Waals surface area (Å²) >= 11 is 0. The zero-order valence-electron chi connectivity index (χ0n) is 17.5. The van der Waals surface area contributed by atoms with Gasteiger partial charge in [-0.15, -0.1) is 0 Å². The van der Waals surface area contributed by atoms with Crippen molar-refractivity contribution in [2.24, 2.45) is 11.8 Å². The molecular weight excluding hydrogens is 364 g/mol. The van der Waals surface area contributed by atoms with Crippen LogP contribution in [0.2, 0.25) is 0 Å². The van der Waals surface area contributed by atoms with Gasteiger partial charge in [0.25, 0.3) is 5.91 Å². The first kappa shape index (κ1) is 19.7. The minimum atomic E-state index is 0.0501. The van der Waals surface area contributed by atoms with E-state index in [9.17, 15) is 9.59 Å². The van der Waals surface area contributed by atoms with Gasteiger partial charge in [0.2, 0.25) is 5.91 Å². The summed E-state index contributed by atoms with van der Waals surface area (Å²) in [6, 6.07) is 8.40. The van der Waals surface area contributed by atoms with Crippen LogP contribution in [0.25, 0.3) is 0 Å². The van der Waals surface area contributed by atoms with Crippen molar-refractivity contribution in [2.75, 3.05) is 19.6 Å². The Labute approximate surface area is 172 Å². The molecule has 0 bridgehead atoms. The highest BCUT2D eigenvalue weighted by Gasteiger charge is 2.50. The quantitative estimate of drug-likeness (QED) is 0.782. The van der Waals surface area contributed by atoms with Crippen LogP contribution in [-0.4, -0.2) is 51.0 Å². The van der Waals surface area contributed by atoms with Crippen LogP contribution >= 0.6 is 0 Å². The Morgan fingerprint density at radius 3 is 2.62 bits per heavy atom. The Hall–Kier alpha value is -2.63. The molecule has 2 aromatic rings. The fraction of sp³-hybridized carbons (Fsp3) is 0.522. The summed E-state index contributed by atoms with van der Waals surface area (Å²) in [5, 5.41) is 4.25. The van der Waals surface area contributed by atoms with E-state index in [1.165, 1.54) is 11.1 Å². The first-order chi connectivity index (χ1) is 14.0. The van der Waals surface area contributed by atoms with E-state index < -0.39 is 0 Å². The number of carbonyl (C=O) groups excluding carboxylic acids is 2. The lowest BCUT2D eigenvalue weighted by atomic mass is 9.87. The minimum Gasteiger partial charge on any atom is -0.338 e. The number of hydrogen-bond donors (Lipinski definition) is 0. The molecule has 2 aliphatic heterocycles. The molecule has 0 unspecified atom stereocenters. The number of benzene rings is 1. The lowest BCUT2D eigenvalue weighted by molar-refractivity contribution is -0.132. The summed E-state index contributed by atoms with van der Waals surface area (Å²) < 4.78 is 1.78. The van der Waals surface area contributed by atoms with E-state index in [0.29, 0.717) is 31.0 Å². The minimum absolute atomic E-state index is 0.0501. The van der Waals surface area contributed by atoms with Gasteiger partial charge in [-0.25, -0.2) is 0 Å². The van der Waals surface area contributed by atoms with Crippen LogP contribution in [0.4, 0.5) is 0 Å². The summed E-state index contributed by atoms with van der Waals surface area (Å²) in [5.41, 5.74) is 3.08. The first-order valence-electron chi connectivity index (χ1n) is 10.7. The van der Waals surface area contributed by atoms with E-state index in [0.717, 1.165) is 19.5 Å². The highest BCUT2D eigenvalue weighted by molar-refractivity contribution is 5.94. The maximum Gasteiger partial charge on any atom is 0.257 e. The molecule has 2 saturated heterocycles. The van der Waals surface area contributed by atoms with Crippen molar-refractivity contribution in [3.63, 3.8) is 0 Å². The number of amides is 2. The van der Waals surface area contributed by atoms with Crippen molar-refractivity contribution < 1.29 is 9.59 Å². The number of rotatable bonds is 5. The molecule has 6 nitrogen and oxygen atoms in total. The third-order valence-electron chi connectivity index (χ3n) is 6.45. The number of hydrogen-bond acceptors (Lipinski definition) is 3. The standard InChI is InChI=1S/C23H30N4O2/c1-4-8-21(28)27-14-18-12-25(23(29)17-11-24-26(5-2)13-17)15-20(18)22(27)19-10-7-6-9-16(19)3/h6-7,9-11,13,18,20,22H,4-5,8,12,14-15H2,1-3H3/t18-,20-,22+/m0/s1. The molecule has 2 fully saturated rings. The summed E-state index contributed by atoms with van der Waals surface area (Å²) in [6.45, 7) is 9.06. The van der Waals surface area contributed by atoms with Gasteiger partial charge in [0.05, 0.1) is 17.8 Å². The number of aromatic nitrogens is 2. The molecule has 4 rings (SSSR count). The molecule has 1 aromatic heterocycles. The van der Waals surface area contributed by atoms with Crippen molar-refractivity contribution in [3.05, 3.63) is 53.3 Å². The predicted molar refractivity (Wildman–Crippen MR) is 111 cm³/mol. The van der Waals surface area contributed by atoms with Crippen molar-refractivity contribution in [1.82, 2.24) is 19.6 Å². The van der Waals surface area contributed by atoms with Gasteiger partial charge in [-0.3, -0.25) is 14.3 Å². The Morgan fingerprint density at radius 2 is 1.93 bits per heavy atom. The number of aryl methyl sites for hydroxylation is 2. The van der Waals surface area contributed by atoms with E-state index in [4.69, 9.17) is 0 Å². The molecule has 0 N–H and O–H groups in total. The van der Waals surface area contributed by atoms with Gasteiger partial charge in [0.15, 0.2) is 0 Å². The first-order valence-corrected chi connectivity index (χ1v) is 10.7. The molecule has 0 radical (unpaired) electrons. The van der Waals surface area contributed by atoms with E-state index in [2.05, 4.69) is 42.0 Å². The van der Waals surface area contributed by atoms with Crippen LogP contribution in [0, 0.1) is 18.8 Å². The number of fused-ring (bicyclic) bond motifs is 1. The van der Waals surface area contributed by atoms with Crippen LogP contribution in [0.15, 0.2) is 36.7 Å². The Bertz CT molecular complexity index is 906. The number of carbonyl (C=O) groups is 2. The van der Waals surface area contributed by atoms with Gasteiger partial charge >= 0.3 is 0 Å². The zero-order valence-corrected chi connectivity index (χ0v) is 17.5. The van der Waals surface area contributed by atoms with Crippen LogP contribution in [0.3, 0.4) is 0 Å². The highest BCUT2D eigenvalue weighted by Crippen LogP contribution is 2.46. The Morgan fingerprint density at radius 1 is 1.14 bits per heavy atom. The molecular formula is C23H30N4O2. The van der Waals surface area contributed by atoms with E-state index in [1.54, 1.807) is 10.9 Å². The molecule has 2 amide bonds. The monoisotopic (exact) mass is 394 g/mol. The third-order valence-corrected chi connectivity index (χ3v) is 6.45. The Balaban J connectivity index is 1.59. The predicted octanol–water partition coefficient (Wildman–Crippen LogP) is 3.28. The van der Waals surface area contributed by atoms with Crippen LogP contribution in [0.5, 0.6) is 0 Å². The number of nitrogens with zero attached hydrogens (tertiary/aromatic N) is 4. The van der Waals surface area contributed by atoms with Gasteiger partial charge < -0.3 is 9.80 Å². The molecule has 154 valence electrons. The average Bonchev–Trinajstić information content (AvgIpc) is 3.42. The zero-order chi connectivity index (χ0) is 20.5. The fourth-order valence-electron chi connectivity index (χ4n) is 4.97. The van der Waals surface area contributed by atoms with E-state index in [1.807, 2.05) is 24.1 Å². The summed E-state index contributed by atoms with van der Waals surface area (Å²) in [4.78, 5) is 29.9. The number of likely N-dealkylation sites (tertiary alicyclic amines) is 2. The van der Waals surface area contributed by atoms with E-state index >= 15 is 0 Å². The van der Waals surface area contributed by atoms with E-state index in [-0.39, 0.29) is 23.8 Å². The maximum absolute atomic E-state index is 13.0. The van der Waals surface area contributed by atoms with Crippen molar-refractivity contribution in [1.29, 1.82) is 0 Å². The van der Waals surface area contributed by atoms with Gasteiger partial charge in [-0.2, -0.15) is 5.10 Å². The van der Waals surface area contributed by atoms with Crippen molar-refractivity contribution in [2.45, 2.75) is 46.2 Å². The molecule has 2 aliphatic rings. The third kappa shape index (κ3) is 3.56. The normalized spacial score (nSPS) is 23.5. The average molecular weight is 395 g/mol. The van der Waals surface area contributed by atoms with Crippen molar-refractivity contribution >= 4 is 11.8 Å². The molecule has 0 saturated carbocycles. The molecule has 1 aromatic carbocycles. The molecule has 0 spiro atoms. The molecule has 0 aliphatic carbocycles. The molecule has 3 atom stereocenters. The molecule has 6 heteroatoms. The van der Waals surface area contributed by atoms with Gasteiger partial charge in [0, 0.05) is 50.6 Å². The topological polar surface area (TPSA) is 58.4 Å². The second-order valence-corrected chi connectivity index (χ2v) is 8.32. The van der Waals surface area contributed by atoms with Gasteiger partial charge in [-0.05, 0) is 31.4 Å². The Kier molecular flexibility index (Phi) is 5.43. The summed E-state index contributed by atoms with van der Waals surface area (Å²) in [5.74, 6) is 0.888. The van der Waals surface area contributed by atoms with Crippen LogP contribution in [-0.2, 0) is 11.3 Å². The van der Waals surface area contributed by atoms with Crippen molar-refractivity contribution in [3.8, 4) is 0 Å². The lowest BCUT2D eigenvalue weighted by Crippen LogP contribution is -2.37. The highest BCUT2D eigenvalue weighted by atomic mass is 16.2. The second kappa shape index (κ2) is 8.01.